The van der Waals surface area contributed by atoms with Gasteiger partial charge in [-0.2, -0.15) is 0 Å². The van der Waals surface area contributed by atoms with Gasteiger partial charge in [0, 0.05) is 51.7 Å². The fraction of sp³-hybridized carbons (Fsp3) is 0.778. The van der Waals surface area contributed by atoms with Crippen LogP contribution in [0.3, 0.4) is 0 Å². The Morgan fingerprint density at radius 3 is 2.83 bits per heavy atom. The first-order chi connectivity index (χ1) is 11.8. The Labute approximate surface area is 143 Å². The molecule has 0 radical (unpaired) electrons. The van der Waals surface area contributed by atoms with E-state index in [1.54, 1.807) is 0 Å². The zero-order chi connectivity index (χ0) is 16.4. The van der Waals surface area contributed by atoms with E-state index in [1.807, 2.05) is 6.20 Å². The number of fused-ring (bicyclic) bond motifs is 1. The third kappa shape index (κ3) is 3.81. The first-order valence-corrected chi connectivity index (χ1v) is 9.41. The molecule has 0 aromatic carbocycles. The van der Waals surface area contributed by atoms with Gasteiger partial charge in [-0.1, -0.05) is 0 Å². The lowest BCUT2D eigenvalue weighted by atomic mass is 10.1. The molecule has 3 aliphatic rings. The van der Waals surface area contributed by atoms with Crippen molar-refractivity contribution in [1.82, 2.24) is 19.8 Å². The van der Waals surface area contributed by atoms with E-state index in [-0.39, 0.29) is 5.91 Å². The number of nitrogens with one attached hydrogen (secondary N) is 1. The van der Waals surface area contributed by atoms with Crippen molar-refractivity contribution >= 4 is 5.91 Å². The monoisotopic (exact) mass is 332 g/mol. The Balaban J connectivity index is 1.33. The van der Waals surface area contributed by atoms with E-state index < -0.39 is 0 Å². The van der Waals surface area contributed by atoms with Crippen molar-refractivity contribution in [3.8, 4) is 0 Å². The second-order valence-electron chi connectivity index (χ2n) is 7.37. The van der Waals surface area contributed by atoms with E-state index in [0.717, 1.165) is 63.6 Å². The third-order valence-electron chi connectivity index (χ3n) is 5.60. The summed E-state index contributed by atoms with van der Waals surface area (Å²) in [6.45, 7) is 5.51. The molecule has 1 saturated carbocycles. The summed E-state index contributed by atoms with van der Waals surface area (Å²) >= 11 is 0. The topological polar surface area (TPSA) is 59.4 Å². The molecule has 1 saturated heterocycles. The van der Waals surface area contributed by atoms with E-state index >= 15 is 0 Å². The van der Waals surface area contributed by atoms with Gasteiger partial charge in [0.05, 0.1) is 18.4 Å². The predicted octanol–water partition coefficient (Wildman–Crippen LogP) is 1.34. The van der Waals surface area contributed by atoms with Gasteiger partial charge in [0.15, 0.2) is 0 Å². The predicted molar refractivity (Wildman–Crippen MR) is 90.5 cm³/mol. The maximum absolute atomic E-state index is 11.9. The van der Waals surface area contributed by atoms with Gasteiger partial charge in [-0.3, -0.25) is 9.69 Å². The first kappa shape index (κ1) is 16.1. The molecule has 1 amide bonds. The molecule has 1 aliphatic carbocycles. The van der Waals surface area contributed by atoms with E-state index in [9.17, 15) is 4.79 Å². The van der Waals surface area contributed by atoms with Crippen molar-refractivity contribution < 1.29 is 9.53 Å². The molecule has 24 heavy (non-hydrogen) atoms. The van der Waals surface area contributed by atoms with Crippen LogP contribution in [0.25, 0.3) is 0 Å². The molecular weight excluding hydrogens is 304 g/mol. The third-order valence-corrected chi connectivity index (χ3v) is 5.60. The average molecular weight is 332 g/mol. The molecule has 1 aromatic rings. The molecule has 1 N–H and O–H groups in total. The highest BCUT2D eigenvalue weighted by Gasteiger charge is 2.26. The molecule has 0 unspecified atom stereocenters. The number of amides is 1. The largest absolute Gasteiger partial charge is 0.381 e. The number of nitrogens with zero attached hydrogens (tertiary/aromatic N) is 3. The van der Waals surface area contributed by atoms with Gasteiger partial charge < -0.3 is 14.6 Å². The Kier molecular flexibility index (Phi) is 4.85. The normalized spacial score (nSPS) is 22.8. The number of hydrogen-bond acceptors (Lipinski definition) is 4. The quantitative estimate of drug-likeness (QED) is 0.884. The Bertz CT molecular complexity index is 576. The summed E-state index contributed by atoms with van der Waals surface area (Å²) in [6, 6.07) is 0.657. The van der Waals surface area contributed by atoms with Gasteiger partial charge >= 0.3 is 0 Å². The lowest BCUT2D eigenvalue weighted by Gasteiger charge is -2.33. The number of ether oxygens (including phenoxy) is 1. The maximum Gasteiger partial charge on any atom is 0.220 e. The molecule has 2 aliphatic heterocycles. The number of carbonyl (C=O) groups is 1. The summed E-state index contributed by atoms with van der Waals surface area (Å²) in [5.41, 5.74) is 1.14. The van der Waals surface area contributed by atoms with Gasteiger partial charge in [-0.15, -0.1) is 0 Å². The van der Waals surface area contributed by atoms with Crippen LogP contribution in [-0.4, -0.2) is 52.7 Å². The molecule has 6 heteroatoms. The number of hydrogen-bond donors (Lipinski definition) is 1. The van der Waals surface area contributed by atoms with Crippen LogP contribution in [-0.2, 0) is 29.0 Å². The van der Waals surface area contributed by atoms with Crippen LogP contribution in [0.5, 0.6) is 0 Å². The second kappa shape index (κ2) is 7.23. The first-order valence-electron chi connectivity index (χ1n) is 9.41. The van der Waals surface area contributed by atoms with E-state index in [2.05, 4.69) is 19.8 Å². The maximum atomic E-state index is 11.9. The van der Waals surface area contributed by atoms with Gasteiger partial charge in [0.2, 0.25) is 5.91 Å². The number of imidazole rings is 1. The summed E-state index contributed by atoms with van der Waals surface area (Å²) in [7, 11) is 0. The zero-order valence-electron chi connectivity index (χ0n) is 14.4. The minimum atomic E-state index is 0.186. The van der Waals surface area contributed by atoms with Gasteiger partial charge in [-0.05, 0) is 31.6 Å². The van der Waals surface area contributed by atoms with E-state index in [1.165, 1.54) is 12.8 Å². The summed E-state index contributed by atoms with van der Waals surface area (Å²) in [6.07, 6.45) is 8.36. The molecule has 0 atom stereocenters. The molecule has 1 aromatic heterocycles. The smallest absolute Gasteiger partial charge is 0.220 e. The van der Waals surface area contributed by atoms with E-state index in [4.69, 9.17) is 4.74 Å². The van der Waals surface area contributed by atoms with Gasteiger partial charge in [-0.25, -0.2) is 4.98 Å². The van der Waals surface area contributed by atoms with Crippen molar-refractivity contribution in [1.29, 1.82) is 0 Å². The Morgan fingerprint density at radius 1 is 1.21 bits per heavy atom. The van der Waals surface area contributed by atoms with Crippen molar-refractivity contribution in [3.63, 3.8) is 0 Å². The van der Waals surface area contributed by atoms with Crippen LogP contribution in [0.1, 0.15) is 43.6 Å². The molecular formula is C18H28N4O2. The van der Waals surface area contributed by atoms with Gasteiger partial charge in [0.25, 0.3) is 0 Å². The lowest BCUT2D eigenvalue weighted by molar-refractivity contribution is -0.121. The van der Waals surface area contributed by atoms with Crippen molar-refractivity contribution in [2.45, 2.75) is 57.7 Å². The molecule has 6 nitrogen and oxygen atoms in total. The number of aromatic nitrogens is 2. The van der Waals surface area contributed by atoms with Crippen LogP contribution in [0.15, 0.2) is 6.20 Å². The molecule has 0 spiro atoms. The zero-order valence-corrected chi connectivity index (χ0v) is 14.4. The van der Waals surface area contributed by atoms with Gasteiger partial charge in [0.1, 0.15) is 5.82 Å². The highest BCUT2D eigenvalue weighted by Crippen LogP contribution is 2.32. The van der Waals surface area contributed by atoms with Crippen LogP contribution < -0.4 is 5.32 Å². The van der Waals surface area contributed by atoms with Crippen molar-refractivity contribution in [2.24, 2.45) is 5.92 Å². The summed E-state index contributed by atoms with van der Waals surface area (Å²) in [4.78, 5) is 19.1. The minimum Gasteiger partial charge on any atom is -0.381 e. The molecule has 0 bridgehead atoms. The molecule has 4 rings (SSSR count). The fourth-order valence-corrected chi connectivity index (χ4v) is 3.91. The minimum absolute atomic E-state index is 0.186. The van der Waals surface area contributed by atoms with Crippen molar-refractivity contribution in [3.05, 3.63) is 17.7 Å². The van der Waals surface area contributed by atoms with E-state index in [0.29, 0.717) is 24.9 Å². The standard InChI is InChI=1S/C18H28N4O2/c23-18(11-14-1-2-14)20-13-16-12-19-17-3-6-21(7-8-22(16)17)15-4-9-24-10-5-15/h12,14-15H,1-11,13H2,(H,20,23). The second-order valence-corrected chi connectivity index (χ2v) is 7.37. The summed E-state index contributed by atoms with van der Waals surface area (Å²) in [5.74, 6) is 1.99. The average Bonchev–Trinajstić information content (AvgIpc) is 3.37. The molecule has 3 heterocycles. The number of rotatable bonds is 5. The molecule has 132 valence electrons. The van der Waals surface area contributed by atoms with Crippen LogP contribution in [0, 0.1) is 5.92 Å². The highest BCUT2D eigenvalue weighted by molar-refractivity contribution is 5.76. The Hall–Kier alpha value is -1.40. The van der Waals surface area contributed by atoms with Crippen LogP contribution >= 0.6 is 0 Å². The van der Waals surface area contributed by atoms with Crippen LogP contribution in [0.4, 0.5) is 0 Å². The summed E-state index contributed by atoms with van der Waals surface area (Å²) in [5, 5.41) is 3.07. The molecule has 2 fully saturated rings. The Morgan fingerprint density at radius 2 is 2.04 bits per heavy atom. The fourth-order valence-electron chi connectivity index (χ4n) is 3.91. The highest BCUT2D eigenvalue weighted by atomic mass is 16.5. The van der Waals surface area contributed by atoms with Crippen LogP contribution in [0.2, 0.25) is 0 Å². The van der Waals surface area contributed by atoms with Crippen molar-refractivity contribution in [2.75, 3.05) is 26.3 Å². The lowest BCUT2D eigenvalue weighted by Crippen LogP contribution is -2.41. The number of carbonyl (C=O) groups excluding carboxylic acids is 1. The SMILES string of the molecule is O=C(CC1CC1)NCc1cnc2n1CCN(C1CCOCC1)CC2. The summed E-state index contributed by atoms with van der Waals surface area (Å²) < 4.78 is 7.81.